The van der Waals surface area contributed by atoms with E-state index in [1.165, 1.54) is 4.88 Å². The zero-order valence-electron chi connectivity index (χ0n) is 10.6. The minimum absolute atomic E-state index is 0.0639. The van der Waals surface area contributed by atoms with Crippen LogP contribution in [0.4, 0.5) is 0 Å². The first-order chi connectivity index (χ1) is 9.29. The molecule has 3 rings (SSSR count). The topological polar surface area (TPSA) is 30.0 Å². The highest BCUT2D eigenvalue weighted by atomic mass is 32.1. The summed E-state index contributed by atoms with van der Waals surface area (Å²) in [5, 5.41) is 1.97. The first-order valence-corrected chi connectivity index (χ1v) is 7.07. The number of benzene rings is 1. The third-order valence-electron chi connectivity index (χ3n) is 3.15. The first-order valence-electron chi connectivity index (χ1n) is 6.25. The number of fused-ring (bicyclic) bond motifs is 1. The number of carbonyl (C=O) groups excluding carboxylic acids is 1. The van der Waals surface area contributed by atoms with Crippen LogP contribution >= 0.6 is 11.3 Å². The van der Waals surface area contributed by atoms with Gasteiger partial charge in [-0.2, -0.15) is 0 Å². The van der Waals surface area contributed by atoms with Crippen LogP contribution in [0.5, 0.6) is 0 Å². The van der Waals surface area contributed by atoms with Gasteiger partial charge in [-0.05, 0) is 23.9 Å². The fourth-order valence-electron chi connectivity index (χ4n) is 2.12. The predicted molar refractivity (Wildman–Crippen MR) is 78.9 cm³/mol. The lowest BCUT2D eigenvalue weighted by Crippen LogP contribution is -2.00. The number of rotatable bonds is 3. The molecule has 0 unspecified atom stereocenters. The zero-order chi connectivity index (χ0) is 13.2. The van der Waals surface area contributed by atoms with Crippen molar-refractivity contribution in [2.24, 2.45) is 0 Å². The molecule has 94 valence electrons. The van der Waals surface area contributed by atoms with E-state index in [4.69, 9.17) is 0 Å². The number of pyridine rings is 1. The van der Waals surface area contributed by atoms with Gasteiger partial charge in [-0.3, -0.25) is 9.78 Å². The van der Waals surface area contributed by atoms with E-state index in [0.29, 0.717) is 5.56 Å². The van der Waals surface area contributed by atoms with E-state index < -0.39 is 0 Å². The van der Waals surface area contributed by atoms with Gasteiger partial charge in [-0.15, -0.1) is 11.3 Å². The van der Waals surface area contributed by atoms with Crippen LogP contribution in [0.1, 0.15) is 27.0 Å². The molecule has 0 saturated heterocycles. The van der Waals surface area contributed by atoms with Gasteiger partial charge in [-0.25, -0.2) is 0 Å². The number of ketones is 1. The van der Waals surface area contributed by atoms with Crippen molar-refractivity contribution in [1.82, 2.24) is 4.98 Å². The maximum atomic E-state index is 12.6. The van der Waals surface area contributed by atoms with E-state index in [0.717, 1.165) is 22.1 Å². The van der Waals surface area contributed by atoms with Gasteiger partial charge in [0.05, 0.1) is 4.88 Å². The lowest BCUT2D eigenvalue weighted by atomic mass is 10.0. The molecule has 0 radical (unpaired) electrons. The maximum absolute atomic E-state index is 12.6. The number of thiophene rings is 1. The molecule has 0 aliphatic heterocycles. The molecular formula is C16H13NOS. The van der Waals surface area contributed by atoms with Crippen molar-refractivity contribution in [3.63, 3.8) is 0 Å². The molecule has 19 heavy (non-hydrogen) atoms. The summed E-state index contributed by atoms with van der Waals surface area (Å²) in [6.07, 6.45) is 4.42. The average Bonchev–Trinajstić information content (AvgIpc) is 2.95. The summed E-state index contributed by atoms with van der Waals surface area (Å²) < 4.78 is 0. The summed E-state index contributed by atoms with van der Waals surface area (Å²) in [5.74, 6) is 0.0639. The van der Waals surface area contributed by atoms with Gasteiger partial charge in [0, 0.05) is 28.2 Å². The molecule has 0 saturated carbocycles. The van der Waals surface area contributed by atoms with Crippen LogP contribution in [0, 0.1) is 0 Å². The molecule has 3 heteroatoms. The Bertz CT molecular complexity index is 740. The van der Waals surface area contributed by atoms with Crippen molar-refractivity contribution in [1.29, 1.82) is 0 Å². The third-order valence-corrected chi connectivity index (χ3v) is 4.38. The molecule has 0 amide bonds. The summed E-state index contributed by atoms with van der Waals surface area (Å²) in [5.41, 5.74) is 0.683. The van der Waals surface area contributed by atoms with E-state index in [1.54, 1.807) is 23.7 Å². The molecule has 2 heterocycles. The van der Waals surface area contributed by atoms with Crippen LogP contribution in [0.2, 0.25) is 0 Å². The van der Waals surface area contributed by atoms with Gasteiger partial charge in [0.25, 0.3) is 0 Å². The Labute approximate surface area is 115 Å². The van der Waals surface area contributed by atoms with E-state index >= 15 is 0 Å². The molecule has 0 spiro atoms. The summed E-state index contributed by atoms with van der Waals surface area (Å²) in [4.78, 5) is 18.8. The second kappa shape index (κ2) is 4.94. The average molecular weight is 267 g/mol. The molecule has 0 aliphatic carbocycles. The summed E-state index contributed by atoms with van der Waals surface area (Å²) in [7, 11) is 0. The van der Waals surface area contributed by atoms with Crippen LogP contribution in [0.25, 0.3) is 10.8 Å². The van der Waals surface area contributed by atoms with Crippen LogP contribution in [-0.4, -0.2) is 10.8 Å². The largest absolute Gasteiger partial charge is 0.288 e. The Morgan fingerprint density at radius 1 is 1.16 bits per heavy atom. The predicted octanol–water partition coefficient (Wildman–Crippen LogP) is 4.09. The highest BCUT2D eigenvalue weighted by molar-refractivity contribution is 7.14. The Balaban J connectivity index is 2.11. The molecule has 2 nitrogen and oxygen atoms in total. The first kappa shape index (κ1) is 12.1. The minimum Gasteiger partial charge on any atom is -0.288 e. The smallest absolute Gasteiger partial charge is 0.205 e. The van der Waals surface area contributed by atoms with Crippen LogP contribution in [0.15, 0.2) is 48.8 Å². The second-order valence-electron chi connectivity index (χ2n) is 4.36. The fourth-order valence-corrected chi connectivity index (χ4v) is 3.02. The second-order valence-corrected chi connectivity index (χ2v) is 5.53. The third kappa shape index (κ3) is 2.17. The molecule has 0 N–H and O–H groups in total. The Morgan fingerprint density at radius 3 is 2.79 bits per heavy atom. The van der Waals surface area contributed by atoms with Gasteiger partial charge >= 0.3 is 0 Å². The zero-order valence-corrected chi connectivity index (χ0v) is 11.4. The van der Waals surface area contributed by atoms with Crippen LogP contribution in [0.3, 0.4) is 0 Å². The summed E-state index contributed by atoms with van der Waals surface area (Å²) in [6.45, 7) is 2.10. The molecule has 0 atom stereocenters. The molecule has 2 aromatic heterocycles. The van der Waals surface area contributed by atoms with Gasteiger partial charge < -0.3 is 0 Å². The number of hydrogen-bond acceptors (Lipinski definition) is 3. The highest BCUT2D eigenvalue weighted by Gasteiger charge is 2.14. The molecule has 0 bridgehead atoms. The molecule has 1 aromatic carbocycles. The Morgan fingerprint density at radius 2 is 2.00 bits per heavy atom. The number of aryl methyl sites for hydroxylation is 1. The number of nitrogens with zero attached hydrogens (tertiary/aromatic N) is 1. The normalized spacial score (nSPS) is 10.8. The quantitative estimate of drug-likeness (QED) is 0.669. The number of carbonyl (C=O) groups is 1. The number of hydrogen-bond donors (Lipinski definition) is 0. The van der Waals surface area contributed by atoms with E-state index in [2.05, 4.69) is 11.9 Å². The van der Waals surface area contributed by atoms with Crippen LogP contribution < -0.4 is 0 Å². The standard InChI is InChI=1S/C16H13NOS/c1-2-12-7-8-15(19-12)16(18)14-10-17-9-11-5-3-4-6-13(11)14/h3-10H,2H2,1H3. The van der Waals surface area contributed by atoms with Gasteiger partial charge in [-0.1, -0.05) is 31.2 Å². The molecule has 0 fully saturated rings. The van der Waals surface area contributed by atoms with Gasteiger partial charge in [0.15, 0.2) is 0 Å². The van der Waals surface area contributed by atoms with Gasteiger partial charge in [0.1, 0.15) is 0 Å². The minimum atomic E-state index is 0.0639. The summed E-state index contributed by atoms with van der Waals surface area (Å²) >= 11 is 1.57. The van der Waals surface area contributed by atoms with Crippen molar-refractivity contribution in [3.05, 3.63) is 64.1 Å². The van der Waals surface area contributed by atoms with E-state index in [-0.39, 0.29) is 5.78 Å². The molecular weight excluding hydrogens is 254 g/mol. The van der Waals surface area contributed by atoms with Crippen molar-refractivity contribution >= 4 is 27.9 Å². The molecule has 0 aliphatic rings. The monoisotopic (exact) mass is 267 g/mol. The van der Waals surface area contributed by atoms with Crippen molar-refractivity contribution in [2.75, 3.05) is 0 Å². The van der Waals surface area contributed by atoms with E-state index in [9.17, 15) is 4.79 Å². The Hall–Kier alpha value is -2.00. The highest BCUT2D eigenvalue weighted by Crippen LogP contribution is 2.24. The maximum Gasteiger partial charge on any atom is 0.205 e. The van der Waals surface area contributed by atoms with Crippen molar-refractivity contribution in [2.45, 2.75) is 13.3 Å². The van der Waals surface area contributed by atoms with Crippen LogP contribution in [-0.2, 0) is 6.42 Å². The Kier molecular flexibility index (Phi) is 3.13. The van der Waals surface area contributed by atoms with Gasteiger partial charge in [0.2, 0.25) is 5.78 Å². The SMILES string of the molecule is CCc1ccc(C(=O)c2cncc3ccccc23)s1. The number of aromatic nitrogens is 1. The van der Waals surface area contributed by atoms with Crippen molar-refractivity contribution < 1.29 is 4.79 Å². The molecule has 3 aromatic rings. The van der Waals surface area contributed by atoms with Crippen molar-refractivity contribution in [3.8, 4) is 0 Å². The lowest BCUT2D eigenvalue weighted by Gasteiger charge is -2.03. The summed E-state index contributed by atoms with van der Waals surface area (Å²) in [6, 6.07) is 11.8. The van der Waals surface area contributed by atoms with E-state index in [1.807, 2.05) is 36.4 Å². The lowest BCUT2D eigenvalue weighted by molar-refractivity contribution is 0.104. The fraction of sp³-hybridized carbons (Fsp3) is 0.125.